The third kappa shape index (κ3) is 3.47. The van der Waals surface area contributed by atoms with Crippen molar-refractivity contribution in [2.45, 2.75) is 39.0 Å². The van der Waals surface area contributed by atoms with Gasteiger partial charge in [-0.25, -0.2) is 4.98 Å². The van der Waals surface area contributed by atoms with Crippen molar-refractivity contribution < 1.29 is 9.90 Å². The highest BCUT2D eigenvalue weighted by Crippen LogP contribution is 2.40. The summed E-state index contributed by atoms with van der Waals surface area (Å²) in [6.07, 6.45) is 8.00. The van der Waals surface area contributed by atoms with E-state index in [9.17, 15) is 4.79 Å². The average molecular weight is 318 g/mol. The summed E-state index contributed by atoms with van der Waals surface area (Å²) in [6.45, 7) is 5.56. The average Bonchev–Trinajstić information content (AvgIpc) is 2.56. The second-order valence-electron chi connectivity index (χ2n) is 6.88. The summed E-state index contributed by atoms with van der Waals surface area (Å²) >= 11 is 0. The van der Waals surface area contributed by atoms with Gasteiger partial charge in [0.05, 0.1) is 5.69 Å². The van der Waals surface area contributed by atoms with Crippen LogP contribution < -0.4 is 4.90 Å². The molecule has 0 aromatic carbocycles. The van der Waals surface area contributed by atoms with E-state index in [1.54, 1.807) is 12.4 Å². The van der Waals surface area contributed by atoms with Crippen LogP contribution in [0.5, 0.6) is 0 Å². The second-order valence-corrected chi connectivity index (χ2v) is 6.88. The molecule has 1 spiro atoms. The number of hydrogen-bond donors (Lipinski definition) is 1. The molecule has 2 fully saturated rings. The number of aromatic nitrogens is 2. The van der Waals surface area contributed by atoms with Crippen LogP contribution in [0.1, 0.15) is 37.8 Å². The predicted molar refractivity (Wildman–Crippen MR) is 88.2 cm³/mol. The first-order valence-corrected chi connectivity index (χ1v) is 8.55. The summed E-state index contributed by atoms with van der Waals surface area (Å²) in [7, 11) is 0. The minimum absolute atomic E-state index is 0.141. The molecule has 1 aromatic rings. The fraction of sp³-hybridized carbons (Fsp3) is 0.706. The van der Waals surface area contributed by atoms with Crippen LogP contribution in [0, 0.1) is 12.3 Å². The maximum absolute atomic E-state index is 12.1. The Balaban J connectivity index is 1.74. The lowest BCUT2D eigenvalue weighted by molar-refractivity contribution is -0.138. The molecule has 1 unspecified atom stereocenters. The molecule has 3 heterocycles. The van der Waals surface area contributed by atoms with Crippen molar-refractivity contribution in [2.75, 3.05) is 37.7 Å². The number of carbonyl (C=O) groups excluding carboxylic acids is 1. The van der Waals surface area contributed by atoms with Crippen molar-refractivity contribution >= 4 is 11.7 Å². The summed E-state index contributed by atoms with van der Waals surface area (Å²) < 4.78 is 0. The highest BCUT2D eigenvalue weighted by atomic mass is 16.3. The number of likely N-dealkylation sites (tertiary alicyclic amines) is 1. The highest BCUT2D eigenvalue weighted by molar-refractivity contribution is 5.77. The van der Waals surface area contributed by atoms with E-state index in [4.69, 9.17) is 5.11 Å². The number of nitrogens with zero attached hydrogens (tertiary/aromatic N) is 4. The van der Waals surface area contributed by atoms with E-state index < -0.39 is 0 Å². The molecule has 2 aliphatic rings. The molecular formula is C17H26N4O2. The number of piperidine rings is 2. The fourth-order valence-corrected chi connectivity index (χ4v) is 4.00. The molecule has 0 aliphatic carbocycles. The Morgan fingerprint density at radius 2 is 2.09 bits per heavy atom. The number of aliphatic hydroxyl groups is 1. The van der Waals surface area contributed by atoms with Crippen LogP contribution in [0.2, 0.25) is 0 Å². The Morgan fingerprint density at radius 1 is 1.26 bits per heavy atom. The Morgan fingerprint density at radius 3 is 2.87 bits per heavy atom. The molecule has 0 bridgehead atoms. The molecule has 1 aromatic heterocycles. The number of carbonyl (C=O) groups is 1. The maximum Gasteiger partial charge on any atom is 0.222 e. The fourth-order valence-electron chi connectivity index (χ4n) is 4.00. The molecule has 1 N–H and O–H groups in total. The lowest BCUT2D eigenvalue weighted by Gasteiger charge is -2.48. The lowest BCUT2D eigenvalue weighted by atomic mass is 9.73. The number of amides is 1. The number of aryl methyl sites for hydroxylation is 1. The van der Waals surface area contributed by atoms with Gasteiger partial charge in [0.1, 0.15) is 5.82 Å². The van der Waals surface area contributed by atoms with Crippen LogP contribution in [-0.2, 0) is 4.79 Å². The molecule has 23 heavy (non-hydrogen) atoms. The third-order valence-corrected chi connectivity index (χ3v) is 5.15. The van der Waals surface area contributed by atoms with Gasteiger partial charge in [-0.05, 0) is 32.6 Å². The van der Waals surface area contributed by atoms with Gasteiger partial charge in [-0.1, -0.05) is 0 Å². The molecule has 2 saturated heterocycles. The number of aliphatic hydroxyl groups excluding tert-OH is 1. The first kappa shape index (κ1) is 16.2. The van der Waals surface area contributed by atoms with E-state index in [0.29, 0.717) is 19.4 Å². The molecule has 0 saturated carbocycles. The molecule has 2 aliphatic heterocycles. The van der Waals surface area contributed by atoms with E-state index >= 15 is 0 Å². The third-order valence-electron chi connectivity index (χ3n) is 5.15. The van der Waals surface area contributed by atoms with Crippen LogP contribution in [0.3, 0.4) is 0 Å². The standard InChI is InChI=1S/C17H26N4O2/c1-14-16(19-8-7-18-14)21-9-2-5-17(13-21)6-4-15(23)20(12-17)10-3-11-22/h7-8,22H,2-6,9-13H2,1H3. The van der Waals surface area contributed by atoms with E-state index in [1.165, 1.54) is 0 Å². The molecule has 1 atom stereocenters. The highest BCUT2D eigenvalue weighted by Gasteiger charge is 2.42. The van der Waals surface area contributed by atoms with Gasteiger partial charge < -0.3 is 14.9 Å². The van der Waals surface area contributed by atoms with Crippen LogP contribution in [0.25, 0.3) is 0 Å². The van der Waals surface area contributed by atoms with E-state index in [-0.39, 0.29) is 17.9 Å². The van der Waals surface area contributed by atoms with Gasteiger partial charge in [-0.2, -0.15) is 0 Å². The summed E-state index contributed by atoms with van der Waals surface area (Å²) in [6, 6.07) is 0. The normalized spacial score (nSPS) is 25.2. The van der Waals surface area contributed by atoms with Gasteiger partial charge >= 0.3 is 0 Å². The first-order chi connectivity index (χ1) is 11.1. The number of anilines is 1. The van der Waals surface area contributed by atoms with Crippen LogP contribution in [0.15, 0.2) is 12.4 Å². The summed E-state index contributed by atoms with van der Waals surface area (Å²) in [5.74, 6) is 1.21. The Labute approximate surface area is 137 Å². The van der Waals surface area contributed by atoms with Crippen molar-refractivity contribution in [3.05, 3.63) is 18.1 Å². The van der Waals surface area contributed by atoms with E-state index in [1.807, 2.05) is 11.8 Å². The van der Waals surface area contributed by atoms with Gasteiger partial charge in [0.25, 0.3) is 0 Å². The molecule has 126 valence electrons. The monoisotopic (exact) mass is 318 g/mol. The van der Waals surface area contributed by atoms with Gasteiger partial charge in [0.2, 0.25) is 5.91 Å². The van der Waals surface area contributed by atoms with Gasteiger partial charge in [-0.3, -0.25) is 9.78 Å². The second kappa shape index (κ2) is 6.83. The van der Waals surface area contributed by atoms with Gasteiger partial charge in [-0.15, -0.1) is 0 Å². The Kier molecular flexibility index (Phi) is 4.80. The zero-order chi connectivity index (χ0) is 16.3. The lowest BCUT2D eigenvalue weighted by Crippen LogP contribution is -2.54. The Bertz CT molecular complexity index is 565. The molecule has 3 rings (SSSR count). The van der Waals surface area contributed by atoms with Crippen molar-refractivity contribution in [1.29, 1.82) is 0 Å². The smallest absolute Gasteiger partial charge is 0.222 e. The van der Waals surface area contributed by atoms with E-state index in [0.717, 1.165) is 50.4 Å². The minimum atomic E-state index is 0.141. The van der Waals surface area contributed by atoms with Gasteiger partial charge in [0, 0.05) is 57.0 Å². The van der Waals surface area contributed by atoms with Crippen molar-refractivity contribution in [1.82, 2.24) is 14.9 Å². The van der Waals surface area contributed by atoms with Gasteiger partial charge in [0.15, 0.2) is 0 Å². The maximum atomic E-state index is 12.1. The zero-order valence-corrected chi connectivity index (χ0v) is 13.9. The first-order valence-electron chi connectivity index (χ1n) is 8.55. The molecule has 6 nitrogen and oxygen atoms in total. The number of hydrogen-bond acceptors (Lipinski definition) is 5. The minimum Gasteiger partial charge on any atom is -0.396 e. The SMILES string of the molecule is Cc1nccnc1N1CCCC2(CCC(=O)N(CCCO)C2)C1. The largest absolute Gasteiger partial charge is 0.396 e. The zero-order valence-electron chi connectivity index (χ0n) is 13.9. The number of rotatable bonds is 4. The van der Waals surface area contributed by atoms with Crippen LogP contribution in [0.4, 0.5) is 5.82 Å². The van der Waals surface area contributed by atoms with Crippen LogP contribution in [-0.4, -0.2) is 58.7 Å². The van der Waals surface area contributed by atoms with E-state index in [2.05, 4.69) is 14.9 Å². The molecular weight excluding hydrogens is 292 g/mol. The van der Waals surface area contributed by atoms with Crippen molar-refractivity contribution in [3.8, 4) is 0 Å². The molecule has 0 radical (unpaired) electrons. The predicted octanol–water partition coefficient (Wildman–Crippen LogP) is 1.38. The summed E-state index contributed by atoms with van der Waals surface area (Å²) in [4.78, 5) is 25.3. The molecule has 6 heteroatoms. The Hall–Kier alpha value is -1.69. The van der Waals surface area contributed by atoms with Crippen molar-refractivity contribution in [2.24, 2.45) is 5.41 Å². The quantitative estimate of drug-likeness (QED) is 0.908. The molecule has 1 amide bonds. The summed E-state index contributed by atoms with van der Waals surface area (Å²) in [5.41, 5.74) is 1.12. The summed E-state index contributed by atoms with van der Waals surface area (Å²) in [5, 5.41) is 9.04. The van der Waals surface area contributed by atoms with Crippen LogP contribution >= 0.6 is 0 Å². The van der Waals surface area contributed by atoms with Crippen molar-refractivity contribution in [3.63, 3.8) is 0 Å². The topological polar surface area (TPSA) is 69.6 Å².